The van der Waals surface area contributed by atoms with Crippen molar-refractivity contribution in [3.8, 4) is 22.9 Å². The summed E-state index contributed by atoms with van der Waals surface area (Å²) in [6.45, 7) is 7.32. The van der Waals surface area contributed by atoms with Crippen LogP contribution in [0.1, 0.15) is 72.6 Å². The number of likely N-dealkylation sites (tertiary alicyclic amines) is 1. The number of alkyl carbamates (subject to hydrolysis) is 1. The molecule has 0 unspecified atom stereocenters. The van der Waals surface area contributed by atoms with Crippen LogP contribution in [0.3, 0.4) is 0 Å². The Morgan fingerprint density at radius 1 is 1.10 bits per heavy atom. The second-order valence-electron chi connectivity index (χ2n) is 13.4. The first-order chi connectivity index (χ1) is 23.3. The van der Waals surface area contributed by atoms with Crippen molar-refractivity contribution in [2.24, 2.45) is 5.41 Å². The van der Waals surface area contributed by atoms with Crippen LogP contribution in [0.5, 0.6) is 11.5 Å². The highest BCUT2D eigenvalue weighted by molar-refractivity contribution is 9.10. The van der Waals surface area contributed by atoms with Crippen LogP contribution in [-0.2, 0) is 19.1 Å². The Hall–Kier alpha value is -3.98. The minimum absolute atomic E-state index is 0.0191. The van der Waals surface area contributed by atoms with E-state index in [4.69, 9.17) is 19.2 Å². The predicted molar refractivity (Wildman–Crippen MR) is 188 cm³/mol. The molecule has 0 spiro atoms. The predicted octanol–water partition coefficient (Wildman–Crippen LogP) is 6.38. The number of pyridine rings is 1. The Labute approximate surface area is 297 Å². The average molecular weight is 761 g/mol. The number of aromatic nitrogens is 2. The third-order valence-corrected chi connectivity index (χ3v) is 10.2. The lowest BCUT2D eigenvalue weighted by Gasteiger charge is -2.34. The zero-order valence-electron chi connectivity index (χ0n) is 28.2. The molecule has 1 aliphatic carbocycles. The molecule has 2 aromatic heterocycles. The number of hydrogen-bond donors (Lipinski definition) is 3. The number of fused-ring (bicyclic) bond motifs is 1. The number of amides is 3. The summed E-state index contributed by atoms with van der Waals surface area (Å²) in [5, 5.41) is 18.6. The van der Waals surface area contributed by atoms with E-state index in [0.29, 0.717) is 56.2 Å². The molecule has 3 amide bonds. The fraction of sp³-hybridized carbons (Fsp3) is 0.529. The van der Waals surface area contributed by atoms with Crippen LogP contribution in [0.25, 0.3) is 22.3 Å². The van der Waals surface area contributed by atoms with E-state index in [0.717, 1.165) is 25.7 Å². The number of nitrogens with one attached hydrogen (secondary N) is 2. The summed E-state index contributed by atoms with van der Waals surface area (Å²) >= 11 is 4.87. The van der Waals surface area contributed by atoms with Gasteiger partial charge in [-0.05, 0) is 65.6 Å². The van der Waals surface area contributed by atoms with Gasteiger partial charge in [0.25, 0.3) is 0 Å². The first-order valence-corrected chi connectivity index (χ1v) is 18.1. The van der Waals surface area contributed by atoms with Crippen molar-refractivity contribution >= 4 is 67.2 Å². The number of benzene rings is 1. The Bertz CT molecular complexity index is 1720. The van der Waals surface area contributed by atoms with Crippen LogP contribution in [0.4, 0.5) is 9.93 Å². The number of aliphatic carboxylic acids is 1. The van der Waals surface area contributed by atoms with Crippen molar-refractivity contribution in [3.05, 3.63) is 28.1 Å². The standard InChI is InChI=1S/C34H42BrN5O8S/c1-6-9-26(41)38-32-37-22(17-49-32)21-15-25(20-12-13-24(46-5)27(35)28(20)36-21)47-19-14-23(31(43)44)40(16-19)30(42)29(34(2,3)4)39-33(45)48-18-10-7-8-11-18/h12-13,15,17-19,23,29H,6-11,14,16H2,1-5H3,(H,39,45)(H,43,44)(H,37,38,41)/t19-,23+,29-/m1/s1. The van der Waals surface area contributed by atoms with Gasteiger partial charge in [0.15, 0.2) is 5.13 Å². The number of carboxylic acids is 1. The number of thiazole rings is 1. The lowest BCUT2D eigenvalue weighted by Crippen LogP contribution is -2.57. The van der Waals surface area contributed by atoms with Crippen molar-refractivity contribution in [2.75, 3.05) is 19.0 Å². The molecule has 0 bridgehead atoms. The van der Waals surface area contributed by atoms with E-state index in [9.17, 15) is 24.3 Å². The van der Waals surface area contributed by atoms with Gasteiger partial charge in [-0.25, -0.2) is 19.6 Å². The first-order valence-electron chi connectivity index (χ1n) is 16.4. The summed E-state index contributed by atoms with van der Waals surface area (Å²) in [4.78, 5) is 62.2. The van der Waals surface area contributed by atoms with Gasteiger partial charge in [-0.2, -0.15) is 0 Å². The molecule has 3 N–H and O–H groups in total. The molecule has 3 aromatic rings. The summed E-state index contributed by atoms with van der Waals surface area (Å²) in [6, 6.07) is 3.06. The molecule has 13 nitrogen and oxygen atoms in total. The fourth-order valence-corrected chi connectivity index (χ4v) is 7.43. The largest absolute Gasteiger partial charge is 0.495 e. The molecule has 0 radical (unpaired) electrons. The van der Waals surface area contributed by atoms with Gasteiger partial charge < -0.3 is 34.9 Å². The molecule has 264 valence electrons. The van der Waals surface area contributed by atoms with Crippen LogP contribution < -0.4 is 20.1 Å². The summed E-state index contributed by atoms with van der Waals surface area (Å²) in [5.74, 6) is -0.878. The summed E-state index contributed by atoms with van der Waals surface area (Å²) in [5.41, 5.74) is 0.753. The van der Waals surface area contributed by atoms with E-state index in [1.807, 2.05) is 6.92 Å². The lowest BCUT2D eigenvalue weighted by molar-refractivity contribution is -0.150. The van der Waals surface area contributed by atoms with E-state index in [1.54, 1.807) is 51.5 Å². The van der Waals surface area contributed by atoms with E-state index >= 15 is 0 Å². The van der Waals surface area contributed by atoms with Gasteiger partial charge in [0.1, 0.15) is 41.5 Å². The Kier molecular flexibility index (Phi) is 11.3. The number of carbonyl (C=O) groups is 4. The number of ether oxygens (including phenoxy) is 3. The maximum atomic E-state index is 14.0. The zero-order valence-corrected chi connectivity index (χ0v) is 30.6. The Morgan fingerprint density at radius 2 is 1.84 bits per heavy atom. The Balaban J connectivity index is 1.43. The topological polar surface area (TPSA) is 169 Å². The zero-order chi connectivity index (χ0) is 35.5. The van der Waals surface area contributed by atoms with E-state index < -0.39 is 41.6 Å². The summed E-state index contributed by atoms with van der Waals surface area (Å²) in [6.07, 6.45) is 3.05. The van der Waals surface area contributed by atoms with Crippen LogP contribution >= 0.6 is 27.3 Å². The van der Waals surface area contributed by atoms with Crippen molar-refractivity contribution in [1.82, 2.24) is 20.2 Å². The third kappa shape index (κ3) is 8.43. The highest BCUT2D eigenvalue weighted by Gasteiger charge is 2.46. The molecule has 3 heterocycles. The number of methoxy groups -OCH3 is 1. The van der Waals surface area contributed by atoms with Gasteiger partial charge in [-0.15, -0.1) is 11.3 Å². The van der Waals surface area contributed by atoms with Crippen molar-refractivity contribution in [2.45, 2.75) is 96.9 Å². The average Bonchev–Trinajstić information content (AvgIpc) is 3.81. The minimum atomic E-state index is -1.18. The maximum absolute atomic E-state index is 14.0. The molecule has 2 fully saturated rings. The monoisotopic (exact) mass is 759 g/mol. The number of carboxylic acid groups (broad SMARTS) is 1. The van der Waals surface area contributed by atoms with Crippen LogP contribution in [0.2, 0.25) is 0 Å². The second-order valence-corrected chi connectivity index (χ2v) is 15.0. The van der Waals surface area contributed by atoms with Crippen LogP contribution in [0, 0.1) is 5.41 Å². The van der Waals surface area contributed by atoms with Crippen LogP contribution in [-0.4, -0.2) is 81.8 Å². The van der Waals surface area contributed by atoms with Gasteiger partial charge in [0.05, 0.1) is 29.3 Å². The van der Waals surface area contributed by atoms with E-state index in [-0.39, 0.29) is 25.0 Å². The second kappa shape index (κ2) is 15.3. The molecule has 1 saturated carbocycles. The van der Waals surface area contributed by atoms with Gasteiger partial charge in [-0.1, -0.05) is 27.7 Å². The van der Waals surface area contributed by atoms with E-state index in [2.05, 4.69) is 31.5 Å². The van der Waals surface area contributed by atoms with Crippen molar-refractivity contribution in [3.63, 3.8) is 0 Å². The highest BCUT2D eigenvalue weighted by Crippen LogP contribution is 2.40. The molecule has 5 rings (SSSR count). The molecule has 1 aromatic carbocycles. The molecule has 1 aliphatic heterocycles. The minimum Gasteiger partial charge on any atom is -0.495 e. The molecule has 1 saturated heterocycles. The number of hydrogen-bond acceptors (Lipinski definition) is 10. The highest BCUT2D eigenvalue weighted by atomic mass is 79.9. The molecule has 3 atom stereocenters. The number of nitrogens with zero attached hydrogens (tertiary/aromatic N) is 3. The molecular formula is C34H42BrN5O8S. The summed E-state index contributed by atoms with van der Waals surface area (Å²) < 4.78 is 18.2. The maximum Gasteiger partial charge on any atom is 0.408 e. The fourth-order valence-electron chi connectivity index (χ4n) is 6.12. The van der Waals surface area contributed by atoms with Gasteiger partial charge in [0.2, 0.25) is 11.8 Å². The number of rotatable bonds is 11. The number of anilines is 1. The van der Waals surface area contributed by atoms with Crippen molar-refractivity contribution < 1.29 is 38.5 Å². The van der Waals surface area contributed by atoms with Crippen molar-refractivity contribution in [1.29, 1.82) is 0 Å². The molecular weight excluding hydrogens is 718 g/mol. The van der Waals surface area contributed by atoms with Gasteiger partial charge in [-0.3, -0.25) is 9.59 Å². The van der Waals surface area contributed by atoms with Crippen LogP contribution in [0.15, 0.2) is 28.1 Å². The smallest absolute Gasteiger partial charge is 0.408 e. The van der Waals surface area contributed by atoms with Gasteiger partial charge in [0, 0.05) is 29.7 Å². The molecule has 49 heavy (non-hydrogen) atoms. The number of carbonyl (C=O) groups excluding carboxylic acids is 3. The first kappa shape index (κ1) is 36.3. The van der Waals surface area contributed by atoms with Gasteiger partial charge >= 0.3 is 12.1 Å². The van der Waals surface area contributed by atoms with E-state index in [1.165, 1.54) is 16.2 Å². The summed E-state index contributed by atoms with van der Waals surface area (Å²) in [7, 11) is 1.54. The molecule has 15 heteroatoms. The third-order valence-electron chi connectivity index (χ3n) is 8.63. The quantitative estimate of drug-likeness (QED) is 0.199. The number of halogens is 1. The Morgan fingerprint density at radius 3 is 2.49 bits per heavy atom. The normalized spacial score (nSPS) is 18.7. The molecule has 2 aliphatic rings. The lowest BCUT2D eigenvalue weighted by atomic mass is 9.85. The SMILES string of the molecule is CCCC(=O)Nc1nc(-c2cc(O[C@@H]3C[C@@H](C(=O)O)N(C(=O)[C@@H](NC(=O)OC4CCCC4)C(C)(C)C)C3)c3ccc(OC)c(Br)c3n2)cs1.